The minimum atomic E-state index is -0.200. The second kappa shape index (κ2) is 7.68. The van der Waals surface area contributed by atoms with Crippen molar-refractivity contribution in [3.63, 3.8) is 0 Å². The first kappa shape index (κ1) is 15.4. The highest BCUT2D eigenvalue weighted by Gasteiger charge is 2.15. The third kappa shape index (κ3) is 6.15. The Kier molecular flexibility index (Phi) is 6.21. The van der Waals surface area contributed by atoms with Gasteiger partial charge in [-0.1, -0.05) is 12.5 Å². The Morgan fingerprint density at radius 2 is 2.11 bits per heavy atom. The highest BCUT2D eigenvalue weighted by atomic mass is 16.5. The van der Waals surface area contributed by atoms with Gasteiger partial charge in [0.1, 0.15) is 5.75 Å². The molecule has 0 unspecified atom stereocenters. The molecular formula is C16H24N2O. The maximum atomic E-state index is 8.93. The van der Waals surface area contributed by atoms with Crippen LogP contribution in [0.2, 0.25) is 0 Å². The summed E-state index contributed by atoms with van der Waals surface area (Å²) in [5.74, 6) is 0.901. The molecule has 1 aromatic rings. The van der Waals surface area contributed by atoms with Crippen molar-refractivity contribution in [2.45, 2.75) is 40.0 Å². The van der Waals surface area contributed by atoms with Gasteiger partial charge in [-0.25, -0.2) is 0 Å². The summed E-state index contributed by atoms with van der Waals surface area (Å²) >= 11 is 0. The number of hydrogen-bond acceptors (Lipinski definition) is 3. The van der Waals surface area contributed by atoms with E-state index in [4.69, 9.17) is 10.00 Å². The number of nitriles is 1. The fourth-order valence-corrected chi connectivity index (χ4v) is 1.84. The summed E-state index contributed by atoms with van der Waals surface area (Å²) in [5.41, 5.74) is 0.889. The van der Waals surface area contributed by atoms with E-state index in [0.717, 1.165) is 37.2 Å². The van der Waals surface area contributed by atoms with Crippen LogP contribution in [0.25, 0.3) is 0 Å². The fraction of sp³-hybridized carbons (Fsp3) is 0.562. The molecule has 0 bridgehead atoms. The SMILES string of the molecule is CCOc1cccc(NCCCCC(C)(C)C#N)c1. The molecule has 0 saturated carbocycles. The molecule has 0 spiro atoms. The Hall–Kier alpha value is -1.69. The van der Waals surface area contributed by atoms with Crippen molar-refractivity contribution in [2.75, 3.05) is 18.5 Å². The van der Waals surface area contributed by atoms with Gasteiger partial charge in [0.2, 0.25) is 0 Å². The van der Waals surface area contributed by atoms with Crippen molar-refractivity contribution in [1.82, 2.24) is 0 Å². The first-order valence-electron chi connectivity index (χ1n) is 6.95. The second-order valence-corrected chi connectivity index (χ2v) is 5.34. The topological polar surface area (TPSA) is 45.0 Å². The van der Waals surface area contributed by atoms with Crippen LogP contribution in [-0.2, 0) is 0 Å². The number of unbranched alkanes of at least 4 members (excludes halogenated alkanes) is 1. The van der Waals surface area contributed by atoms with Crippen LogP contribution in [0.15, 0.2) is 24.3 Å². The zero-order valence-electron chi connectivity index (χ0n) is 12.2. The van der Waals surface area contributed by atoms with E-state index in [2.05, 4.69) is 11.4 Å². The first-order chi connectivity index (χ1) is 9.07. The van der Waals surface area contributed by atoms with Gasteiger partial charge in [0.25, 0.3) is 0 Å². The van der Waals surface area contributed by atoms with E-state index >= 15 is 0 Å². The minimum Gasteiger partial charge on any atom is -0.494 e. The van der Waals surface area contributed by atoms with E-state index < -0.39 is 0 Å². The van der Waals surface area contributed by atoms with E-state index in [9.17, 15) is 0 Å². The maximum Gasteiger partial charge on any atom is 0.121 e. The largest absolute Gasteiger partial charge is 0.494 e. The Bertz CT molecular complexity index is 421. The van der Waals surface area contributed by atoms with Crippen LogP contribution in [-0.4, -0.2) is 13.2 Å². The van der Waals surface area contributed by atoms with Crippen LogP contribution in [0, 0.1) is 16.7 Å². The molecule has 0 aliphatic carbocycles. The molecular weight excluding hydrogens is 236 g/mol. The molecule has 19 heavy (non-hydrogen) atoms. The zero-order valence-corrected chi connectivity index (χ0v) is 12.2. The Labute approximate surface area is 116 Å². The van der Waals surface area contributed by atoms with E-state index in [1.54, 1.807) is 0 Å². The monoisotopic (exact) mass is 260 g/mol. The lowest BCUT2D eigenvalue weighted by Crippen LogP contribution is -2.09. The molecule has 3 nitrogen and oxygen atoms in total. The van der Waals surface area contributed by atoms with E-state index in [1.807, 2.05) is 45.0 Å². The predicted octanol–water partition coefficient (Wildman–Crippen LogP) is 4.22. The molecule has 0 amide bonds. The highest BCUT2D eigenvalue weighted by Crippen LogP contribution is 2.22. The average Bonchev–Trinajstić information content (AvgIpc) is 2.39. The number of benzene rings is 1. The highest BCUT2D eigenvalue weighted by molar-refractivity contribution is 5.48. The third-order valence-electron chi connectivity index (χ3n) is 3.01. The molecule has 0 saturated heterocycles. The van der Waals surface area contributed by atoms with Crippen molar-refractivity contribution in [1.29, 1.82) is 5.26 Å². The standard InChI is InChI=1S/C16H24N2O/c1-4-19-15-9-7-8-14(12-15)18-11-6-5-10-16(2,3)13-17/h7-9,12,18H,4-6,10-11H2,1-3H3. The van der Waals surface area contributed by atoms with E-state index in [1.165, 1.54) is 0 Å². The molecule has 0 aliphatic rings. The van der Waals surface area contributed by atoms with E-state index in [0.29, 0.717) is 6.61 Å². The predicted molar refractivity (Wildman–Crippen MR) is 79.3 cm³/mol. The quantitative estimate of drug-likeness (QED) is 0.712. The van der Waals surface area contributed by atoms with Gasteiger partial charge in [-0.05, 0) is 45.7 Å². The lowest BCUT2D eigenvalue weighted by molar-refractivity contribution is 0.340. The van der Waals surface area contributed by atoms with Crippen molar-refractivity contribution < 1.29 is 4.74 Å². The van der Waals surface area contributed by atoms with Gasteiger partial charge in [0.05, 0.1) is 18.1 Å². The molecule has 1 N–H and O–H groups in total. The second-order valence-electron chi connectivity index (χ2n) is 5.34. The lowest BCUT2D eigenvalue weighted by Gasteiger charge is -2.14. The number of anilines is 1. The number of nitrogens with zero attached hydrogens (tertiary/aromatic N) is 1. The van der Waals surface area contributed by atoms with Crippen LogP contribution in [0.4, 0.5) is 5.69 Å². The number of ether oxygens (including phenoxy) is 1. The smallest absolute Gasteiger partial charge is 0.121 e. The number of rotatable bonds is 8. The van der Waals surface area contributed by atoms with Crippen molar-refractivity contribution in [3.8, 4) is 11.8 Å². The Morgan fingerprint density at radius 1 is 1.32 bits per heavy atom. The summed E-state index contributed by atoms with van der Waals surface area (Å²) in [7, 11) is 0. The van der Waals surface area contributed by atoms with Gasteiger partial charge in [-0.3, -0.25) is 0 Å². The van der Waals surface area contributed by atoms with Gasteiger partial charge in [0, 0.05) is 18.3 Å². The maximum absolute atomic E-state index is 8.93. The van der Waals surface area contributed by atoms with Gasteiger partial charge in [0.15, 0.2) is 0 Å². The minimum absolute atomic E-state index is 0.200. The zero-order chi connectivity index (χ0) is 14.1. The molecule has 1 aromatic carbocycles. The van der Waals surface area contributed by atoms with Crippen molar-refractivity contribution in [2.24, 2.45) is 5.41 Å². The van der Waals surface area contributed by atoms with Crippen LogP contribution in [0.3, 0.4) is 0 Å². The lowest BCUT2D eigenvalue weighted by atomic mass is 9.89. The normalized spacial score (nSPS) is 10.8. The number of hydrogen-bond donors (Lipinski definition) is 1. The molecule has 3 heteroatoms. The summed E-state index contributed by atoms with van der Waals surface area (Å²) in [4.78, 5) is 0. The first-order valence-corrected chi connectivity index (χ1v) is 6.95. The van der Waals surface area contributed by atoms with Crippen LogP contribution < -0.4 is 10.1 Å². The van der Waals surface area contributed by atoms with E-state index in [-0.39, 0.29) is 5.41 Å². The Balaban J connectivity index is 2.26. The molecule has 0 fully saturated rings. The fourth-order valence-electron chi connectivity index (χ4n) is 1.84. The molecule has 0 aliphatic heterocycles. The van der Waals surface area contributed by atoms with Crippen LogP contribution in [0.5, 0.6) is 5.75 Å². The van der Waals surface area contributed by atoms with Crippen LogP contribution >= 0.6 is 0 Å². The molecule has 104 valence electrons. The van der Waals surface area contributed by atoms with Gasteiger partial charge < -0.3 is 10.1 Å². The van der Waals surface area contributed by atoms with Crippen molar-refractivity contribution in [3.05, 3.63) is 24.3 Å². The van der Waals surface area contributed by atoms with Gasteiger partial charge >= 0.3 is 0 Å². The molecule has 0 atom stereocenters. The van der Waals surface area contributed by atoms with Crippen LogP contribution in [0.1, 0.15) is 40.0 Å². The molecule has 0 aromatic heterocycles. The Morgan fingerprint density at radius 3 is 2.79 bits per heavy atom. The van der Waals surface area contributed by atoms with Crippen molar-refractivity contribution >= 4 is 5.69 Å². The van der Waals surface area contributed by atoms with Gasteiger partial charge in [-0.15, -0.1) is 0 Å². The average molecular weight is 260 g/mol. The third-order valence-corrected chi connectivity index (χ3v) is 3.01. The number of nitrogens with one attached hydrogen (secondary N) is 1. The van der Waals surface area contributed by atoms with Gasteiger partial charge in [-0.2, -0.15) is 5.26 Å². The molecule has 0 radical (unpaired) electrons. The summed E-state index contributed by atoms with van der Waals surface area (Å²) in [6, 6.07) is 10.3. The summed E-state index contributed by atoms with van der Waals surface area (Å²) in [6.45, 7) is 7.58. The molecule has 1 rings (SSSR count). The summed E-state index contributed by atoms with van der Waals surface area (Å²) in [5, 5.41) is 12.3. The molecule has 0 heterocycles. The summed E-state index contributed by atoms with van der Waals surface area (Å²) < 4.78 is 5.46. The summed E-state index contributed by atoms with van der Waals surface area (Å²) in [6.07, 6.45) is 3.09.